The first-order valence-electron chi connectivity index (χ1n) is 5.03. The molecule has 86 valence electrons. The standard InChI is InChI=1S/C13H16O3/c1-3-7-15-12-6-5-11(10-14)13(9-12)16-8-4-2/h3-6,9,14H,1-2,7-8,10H2. The van der Waals surface area contributed by atoms with Crippen LogP contribution < -0.4 is 9.47 Å². The summed E-state index contributed by atoms with van der Waals surface area (Å²) in [5, 5.41) is 9.12. The zero-order valence-corrected chi connectivity index (χ0v) is 9.19. The quantitative estimate of drug-likeness (QED) is 0.717. The predicted octanol–water partition coefficient (Wildman–Crippen LogP) is 2.31. The highest BCUT2D eigenvalue weighted by atomic mass is 16.5. The molecule has 3 nitrogen and oxygen atoms in total. The number of aliphatic hydroxyl groups is 1. The molecule has 0 fully saturated rings. The maximum absolute atomic E-state index is 9.12. The normalized spacial score (nSPS) is 9.56. The van der Waals surface area contributed by atoms with Crippen molar-refractivity contribution in [3.63, 3.8) is 0 Å². The lowest BCUT2D eigenvalue weighted by Gasteiger charge is -2.10. The SMILES string of the molecule is C=CCOc1ccc(CO)c(OCC=C)c1. The molecule has 0 amide bonds. The zero-order valence-electron chi connectivity index (χ0n) is 9.19. The van der Waals surface area contributed by atoms with E-state index in [1.165, 1.54) is 0 Å². The maximum atomic E-state index is 9.12. The molecule has 0 bridgehead atoms. The van der Waals surface area contributed by atoms with Crippen molar-refractivity contribution in [3.05, 3.63) is 49.1 Å². The summed E-state index contributed by atoms with van der Waals surface area (Å²) in [6.45, 7) is 7.93. The summed E-state index contributed by atoms with van der Waals surface area (Å²) in [6, 6.07) is 5.31. The molecule has 0 atom stereocenters. The Labute approximate surface area is 95.6 Å². The van der Waals surface area contributed by atoms with Crippen LogP contribution in [0.15, 0.2) is 43.5 Å². The molecule has 0 aliphatic heterocycles. The minimum atomic E-state index is -0.0613. The Bertz CT molecular complexity index is 358. The van der Waals surface area contributed by atoms with Crippen LogP contribution in [0.1, 0.15) is 5.56 Å². The minimum absolute atomic E-state index is 0.0613. The van der Waals surface area contributed by atoms with Crippen LogP contribution in [0.4, 0.5) is 0 Å². The largest absolute Gasteiger partial charge is 0.489 e. The van der Waals surface area contributed by atoms with Crippen molar-refractivity contribution in [1.29, 1.82) is 0 Å². The molecule has 3 heteroatoms. The molecule has 0 saturated heterocycles. The number of benzene rings is 1. The molecule has 1 N–H and O–H groups in total. The Balaban J connectivity index is 2.82. The van der Waals surface area contributed by atoms with E-state index in [4.69, 9.17) is 14.6 Å². The fourth-order valence-electron chi connectivity index (χ4n) is 1.19. The highest BCUT2D eigenvalue weighted by Crippen LogP contribution is 2.25. The van der Waals surface area contributed by atoms with Gasteiger partial charge in [0, 0.05) is 11.6 Å². The predicted molar refractivity (Wildman–Crippen MR) is 63.7 cm³/mol. The molecule has 16 heavy (non-hydrogen) atoms. The number of rotatable bonds is 7. The second kappa shape index (κ2) is 6.69. The van der Waals surface area contributed by atoms with Crippen molar-refractivity contribution < 1.29 is 14.6 Å². The Morgan fingerprint density at radius 3 is 2.44 bits per heavy atom. The first-order valence-corrected chi connectivity index (χ1v) is 5.03. The third kappa shape index (κ3) is 3.44. The Morgan fingerprint density at radius 2 is 1.81 bits per heavy atom. The summed E-state index contributed by atoms with van der Waals surface area (Å²) in [5.41, 5.74) is 0.729. The first kappa shape index (κ1) is 12.3. The third-order valence-electron chi connectivity index (χ3n) is 1.93. The van der Waals surface area contributed by atoms with Gasteiger partial charge in [0.1, 0.15) is 24.7 Å². The number of hydrogen-bond donors (Lipinski definition) is 1. The molecule has 1 rings (SSSR count). The van der Waals surface area contributed by atoms with E-state index in [2.05, 4.69) is 13.2 Å². The van der Waals surface area contributed by atoms with Crippen molar-refractivity contribution in [2.45, 2.75) is 6.61 Å². The smallest absolute Gasteiger partial charge is 0.128 e. The molecule has 1 aromatic rings. The minimum Gasteiger partial charge on any atom is -0.489 e. The van der Waals surface area contributed by atoms with Gasteiger partial charge in [-0.2, -0.15) is 0 Å². The molecule has 0 radical (unpaired) electrons. The zero-order chi connectivity index (χ0) is 11.8. The van der Waals surface area contributed by atoms with Crippen molar-refractivity contribution >= 4 is 0 Å². The van der Waals surface area contributed by atoms with Gasteiger partial charge in [0.15, 0.2) is 0 Å². The summed E-state index contributed by atoms with van der Waals surface area (Å²) in [6.07, 6.45) is 3.32. The van der Waals surface area contributed by atoms with Crippen LogP contribution in [-0.2, 0) is 6.61 Å². The Kier molecular flexibility index (Phi) is 5.16. The number of aliphatic hydroxyl groups excluding tert-OH is 1. The van der Waals surface area contributed by atoms with Gasteiger partial charge in [-0.25, -0.2) is 0 Å². The van der Waals surface area contributed by atoms with E-state index in [1.807, 2.05) is 0 Å². The summed E-state index contributed by atoms with van der Waals surface area (Å²) >= 11 is 0. The van der Waals surface area contributed by atoms with E-state index in [0.29, 0.717) is 24.7 Å². The number of hydrogen-bond acceptors (Lipinski definition) is 3. The molecule has 0 heterocycles. The molecule has 0 saturated carbocycles. The van der Waals surface area contributed by atoms with Gasteiger partial charge >= 0.3 is 0 Å². The van der Waals surface area contributed by atoms with Crippen LogP contribution in [0.2, 0.25) is 0 Å². The average molecular weight is 220 g/mol. The topological polar surface area (TPSA) is 38.7 Å². The van der Waals surface area contributed by atoms with Gasteiger partial charge in [0.2, 0.25) is 0 Å². The molecular formula is C13H16O3. The molecule has 0 unspecified atom stereocenters. The maximum Gasteiger partial charge on any atom is 0.128 e. The van der Waals surface area contributed by atoms with Crippen molar-refractivity contribution in [3.8, 4) is 11.5 Å². The van der Waals surface area contributed by atoms with Crippen LogP contribution in [0.3, 0.4) is 0 Å². The van der Waals surface area contributed by atoms with Gasteiger partial charge in [-0.15, -0.1) is 0 Å². The molecule has 0 aromatic heterocycles. The monoisotopic (exact) mass is 220 g/mol. The summed E-state index contributed by atoms with van der Waals surface area (Å²) in [5.74, 6) is 1.31. The van der Waals surface area contributed by atoms with Gasteiger partial charge in [-0.1, -0.05) is 25.3 Å². The first-order chi connectivity index (χ1) is 7.81. The van der Waals surface area contributed by atoms with Gasteiger partial charge in [-0.3, -0.25) is 0 Å². The van der Waals surface area contributed by atoms with Crippen molar-refractivity contribution in [2.24, 2.45) is 0 Å². The van der Waals surface area contributed by atoms with Gasteiger partial charge < -0.3 is 14.6 Å². The van der Waals surface area contributed by atoms with Gasteiger partial charge in [0.05, 0.1) is 6.61 Å². The average Bonchev–Trinajstić information content (AvgIpc) is 2.33. The van der Waals surface area contributed by atoms with E-state index in [9.17, 15) is 0 Å². The lowest BCUT2D eigenvalue weighted by molar-refractivity contribution is 0.269. The van der Waals surface area contributed by atoms with E-state index in [0.717, 1.165) is 5.56 Å². The van der Waals surface area contributed by atoms with E-state index in [-0.39, 0.29) is 6.61 Å². The highest BCUT2D eigenvalue weighted by Gasteiger charge is 2.04. The van der Waals surface area contributed by atoms with Crippen LogP contribution >= 0.6 is 0 Å². The van der Waals surface area contributed by atoms with Crippen LogP contribution in [0, 0.1) is 0 Å². The number of ether oxygens (including phenoxy) is 2. The van der Waals surface area contributed by atoms with Crippen LogP contribution in [0.5, 0.6) is 11.5 Å². The highest BCUT2D eigenvalue weighted by molar-refractivity contribution is 5.40. The lowest BCUT2D eigenvalue weighted by atomic mass is 10.2. The summed E-state index contributed by atoms with van der Waals surface area (Å²) in [7, 11) is 0. The van der Waals surface area contributed by atoms with Crippen molar-refractivity contribution in [1.82, 2.24) is 0 Å². The fourth-order valence-corrected chi connectivity index (χ4v) is 1.19. The summed E-state index contributed by atoms with van der Waals surface area (Å²) in [4.78, 5) is 0. The van der Waals surface area contributed by atoms with Gasteiger partial charge in [0.25, 0.3) is 0 Å². The molecular weight excluding hydrogens is 204 g/mol. The van der Waals surface area contributed by atoms with Gasteiger partial charge in [-0.05, 0) is 12.1 Å². The lowest BCUT2D eigenvalue weighted by Crippen LogP contribution is -1.99. The van der Waals surface area contributed by atoms with Crippen LogP contribution in [0.25, 0.3) is 0 Å². The third-order valence-corrected chi connectivity index (χ3v) is 1.93. The Hall–Kier alpha value is -1.74. The van der Waals surface area contributed by atoms with Crippen molar-refractivity contribution in [2.75, 3.05) is 13.2 Å². The molecule has 1 aromatic carbocycles. The second-order valence-corrected chi connectivity index (χ2v) is 3.13. The van der Waals surface area contributed by atoms with E-state index >= 15 is 0 Å². The molecule has 0 aliphatic rings. The summed E-state index contributed by atoms with van der Waals surface area (Å²) < 4.78 is 10.8. The second-order valence-electron chi connectivity index (χ2n) is 3.13. The van der Waals surface area contributed by atoms with E-state index in [1.54, 1.807) is 30.4 Å². The fraction of sp³-hybridized carbons (Fsp3) is 0.231. The van der Waals surface area contributed by atoms with E-state index < -0.39 is 0 Å². The Morgan fingerprint density at radius 1 is 1.12 bits per heavy atom. The molecule has 0 spiro atoms. The molecule has 0 aliphatic carbocycles. The van der Waals surface area contributed by atoms with Crippen LogP contribution in [-0.4, -0.2) is 18.3 Å².